The Morgan fingerprint density at radius 3 is 2.57 bits per heavy atom. The highest BCUT2D eigenvalue weighted by atomic mass is 16.1. The largest absolute Gasteiger partial charge is 0.366 e. The first kappa shape index (κ1) is 13.1. The Bertz CT molecular complexity index is 820. The van der Waals surface area contributed by atoms with Gasteiger partial charge in [-0.3, -0.25) is 4.79 Å². The number of carbonyl (C=O) groups is 1. The maximum Gasteiger partial charge on any atom is 0.248 e. The fourth-order valence-electron chi connectivity index (χ4n) is 2.20. The Morgan fingerprint density at radius 1 is 1.19 bits per heavy atom. The highest BCUT2D eigenvalue weighted by Gasteiger charge is 2.09. The van der Waals surface area contributed by atoms with Gasteiger partial charge in [0.15, 0.2) is 0 Å². The summed E-state index contributed by atoms with van der Waals surface area (Å²) < 4.78 is 0. The summed E-state index contributed by atoms with van der Waals surface area (Å²) in [5.41, 5.74) is 8.36. The number of aryl methyl sites for hydroxylation is 2. The van der Waals surface area contributed by atoms with E-state index in [1.54, 1.807) is 24.3 Å². The number of aromatic amines is 1. The third-order valence-corrected chi connectivity index (χ3v) is 3.17. The molecule has 6 heteroatoms. The molecule has 2 heterocycles. The quantitative estimate of drug-likeness (QED) is 0.686. The van der Waals surface area contributed by atoms with Crippen molar-refractivity contribution in [1.29, 1.82) is 0 Å². The van der Waals surface area contributed by atoms with Crippen molar-refractivity contribution in [2.45, 2.75) is 13.8 Å². The number of rotatable bonds is 3. The molecule has 0 aliphatic carbocycles. The topological polar surface area (TPSA) is 96.7 Å². The Kier molecular flexibility index (Phi) is 3.06. The van der Waals surface area contributed by atoms with E-state index in [-0.39, 0.29) is 0 Å². The van der Waals surface area contributed by atoms with E-state index in [0.717, 1.165) is 28.2 Å². The molecule has 4 N–H and O–H groups in total. The summed E-state index contributed by atoms with van der Waals surface area (Å²) >= 11 is 0. The Hall–Kier alpha value is -2.89. The first-order valence-electron chi connectivity index (χ1n) is 6.54. The molecule has 0 atom stereocenters. The van der Waals surface area contributed by atoms with E-state index >= 15 is 0 Å². The summed E-state index contributed by atoms with van der Waals surface area (Å²) in [4.78, 5) is 23.1. The Morgan fingerprint density at radius 2 is 1.90 bits per heavy atom. The summed E-state index contributed by atoms with van der Waals surface area (Å²) in [5, 5.41) is 4.17. The molecule has 1 aromatic carbocycles. The summed E-state index contributed by atoms with van der Waals surface area (Å²) in [6.45, 7) is 3.82. The zero-order valence-electron chi connectivity index (χ0n) is 11.8. The van der Waals surface area contributed by atoms with Crippen LogP contribution in [0.2, 0.25) is 0 Å². The van der Waals surface area contributed by atoms with Crippen LogP contribution in [0.15, 0.2) is 30.3 Å². The second kappa shape index (κ2) is 4.90. The predicted octanol–water partition coefficient (Wildman–Crippen LogP) is 2.42. The fourth-order valence-corrected chi connectivity index (χ4v) is 2.20. The molecule has 0 saturated heterocycles. The van der Waals surface area contributed by atoms with Crippen molar-refractivity contribution >= 4 is 28.4 Å². The number of H-pyrrole nitrogens is 1. The van der Waals surface area contributed by atoms with Crippen LogP contribution in [0, 0.1) is 13.8 Å². The number of hydrogen-bond acceptors (Lipinski definition) is 4. The zero-order valence-corrected chi connectivity index (χ0v) is 11.8. The highest BCUT2D eigenvalue weighted by Crippen LogP contribution is 2.24. The minimum absolute atomic E-state index is 0.442. The van der Waals surface area contributed by atoms with Crippen molar-refractivity contribution in [3.05, 3.63) is 47.4 Å². The lowest BCUT2D eigenvalue weighted by atomic mass is 10.2. The van der Waals surface area contributed by atoms with E-state index in [2.05, 4.69) is 20.3 Å². The highest BCUT2D eigenvalue weighted by molar-refractivity contribution is 5.93. The molecule has 0 spiro atoms. The van der Waals surface area contributed by atoms with Crippen LogP contribution in [0.4, 0.5) is 11.5 Å². The summed E-state index contributed by atoms with van der Waals surface area (Å²) in [6, 6.07) is 8.94. The van der Waals surface area contributed by atoms with E-state index < -0.39 is 5.91 Å². The van der Waals surface area contributed by atoms with Gasteiger partial charge in [-0.15, -0.1) is 0 Å². The van der Waals surface area contributed by atoms with Crippen LogP contribution in [0.25, 0.3) is 11.0 Å². The number of nitrogens with two attached hydrogens (primary N) is 1. The number of anilines is 2. The lowest BCUT2D eigenvalue weighted by Crippen LogP contribution is -2.10. The minimum atomic E-state index is -0.442. The van der Waals surface area contributed by atoms with Crippen LogP contribution in [0.3, 0.4) is 0 Å². The summed E-state index contributed by atoms with van der Waals surface area (Å²) in [5.74, 6) is 0.970. The molecule has 2 aromatic heterocycles. The van der Waals surface area contributed by atoms with Crippen LogP contribution in [-0.4, -0.2) is 20.9 Å². The monoisotopic (exact) mass is 281 g/mol. The van der Waals surface area contributed by atoms with Crippen molar-refractivity contribution in [1.82, 2.24) is 15.0 Å². The molecule has 0 fully saturated rings. The Labute approximate surface area is 121 Å². The number of benzene rings is 1. The first-order valence-corrected chi connectivity index (χ1v) is 6.54. The molecule has 3 aromatic rings. The van der Waals surface area contributed by atoms with Crippen LogP contribution in [-0.2, 0) is 0 Å². The molecular weight excluding hydrogens is 266 g/mol. The van der Waals surface area contributed by atoms with Gasteiger partial charge < -0.3 is 16.0 Å². The van der Waals surface area contributed by atoms with Crippen molar-refractivity contribution in [3.8, 4) is 0 Å². The lowest BCUT2D eigenvalue weighted by molar-refractivity contribution is 0.100. The fraction of sp³-hybridized carbons (Fsp3) is 0.133. The predicted molar refractivity (Wildman–Crippen MR) is 81.6 cm³/mol. The summed E-state index contributed by atoms with van der Waals surface area (Å²) in [7, 11) is 0. The van der Waals surface area contributed by atoms with E-state index in [9.17, 15) is 4.79 Å². The van der Waals surface area contributed by atoms with E-state index in [1.807, 2.05) is 19.9 Å². The van der Waals surface area contributed by atoms with Crippen molar-refractivity contribution in [2.24, 2.45) is 5.73 Å². The second-order valence-corrected chi connectivity index (χ2v) is 4.90. The van der Waals surface area contributed by atoms with Gasteiger partial charge in [-0.2, -0.15) is 0 Å². The van der Waals surface area contributed by atoms with Gasteiger partial charge in [0.25, 0.3) is 0 Å². The van der Waals surface area contributed by atoms with Gasteiger partial charge in [-0.1, -0.05) is 0 Å². The number of hydrogen-bond donors (Lipinski definition) is 3. The van der Waals surface area contributed by atoms with Crippen molar-refractivity contribution in [2.75, 3.05) is 5.32 Å². The van der Waals surface area contributed by atoms with Crippen molar-refractivity contribution in [3.63, 3.8) is 0 Å². The van der Waals surface area contributed by atoms with Crippen LogP contribution < -0.4 is 11.1 Å². The molecule has 106 valence electrons. The van der Waals surface area contributed by atoms with Gasteiger partial charge in [0.05, 0.1) is 5.39 Å². The van der Waals surface area contributed by atoms with Crippen LogP contribution in [0.5, 0.6) is 0 Å². The molecule has 0 aliphatic heterocycles. The molecule has 0 saturated carbocycles. The average molecular weight is 281 g/mol. The third-order valence-electron chi connectivity index (χ3n) is 3.17. The number of aromatic nitrogens is 3. The van der Waals surface area contributed by atoms with Gasteiger partial charge in [-0.05, 0) is 44.2 Å². The van der Waals surface area contributed by atoms with Crippen LogP contribution in [0.1, 0.15) is 21.9 Å². The second-order valence-electron chi connectivity index (χ2n) is 4.90. The van der Waals surface area contributed by atoms with Gasteiger partial charge in [0.2, 0.25) is 5.91 Å². The normalized spacial score (nSPS) is 10.8. The number of nitrogens with zero attached hydrogens (tertiary/aromatic N) is 2. The van der Waals surface area contributed by atoms with Gasteiger partial charge in [0.1, 0.15) is 17.3 Å². The molecule has 3 rings (SSSR count). The number of fused-ring (bicyclic) bond motifs is 1. The molecule has 0 aliphatic rings. The number of primary amides is 1. The minimum Gasteiger partial charge on any atom is -0.366 e. The number of amides is 1. The Balaban J connectivity index is 1.99. The van der Waals surface area contributed by atoms with Gasteiger partial charge in [-0.25, -0.2) is 9.97 Å². The first-order chi connectivity index (χ1) is 10.0. The molecule has 1 amide bonds. The molecule has 21 heavy (non-hydrogen) atoms. The van der Waals surface area contributed by atoms with Gasteiger partial charge in [0, 0.05) is 16.9 Å². The molecule has 6 nitrogen and oxygen atoms in total. The van der Waals surface area contributed by atoms with Gasteiger partial charge >= 0.3 is 0 Å². The standard InChI is InChI=1S/C15H15N5O/c1-8-7-12-14(17-8)18-9(2)19-15(12)20-11-5-3-10(4-6-11)13(16)21/h3-7H,1-2H3,(H2,16,21)(H2,17,18,19,20). The maximum absolute atomic E-state index is 11.1. The molecule has 0 unspecified atom stereocenters. The lowest BCUT2D eigenvalue weighted by Gasteiger charge is -2.08. The summed E-state index contributed by atoms with van der Waals surface area (Å²) in [6.07, 6.45) is 0. The van der Waals surface area contributed by atoms with Crippen molar-refractivity contribution < 1.29 is 4.79 Å². The molecule has 0 radical (unpaired) electrons. The SMILES string of the molecule is Cc1nc(Nc2ccc(C(N)=O)cc2)c2cc(C)[nH]c2n1. The third kappa shape index (κ3) is 2.55. The molecule has 0 bridgehead atoms. The van der Waals surface area contributed by atoms with E-state index in [1.165, 1.54) is 0 Å². The zero-order chi connectivity index (χ0) is 15.0. The van der Waals surface area contributed by atoms with E-state index in [4.69, 9.17) is 5.73 Å². The average Bonchev–Trinajstić information content (AvgIpc) is 2.79. The maximum atomic E-state index is 11.1. The van der Waals surface area contributed by atoms with E-state index in [0.29, 0.717) is 11.4 Å². The smallest absolute Gasteiger partial charge is 0.248 e. The molecular formula is C15H15N5O. The number of carbonyl (C=O) groups excluding carboxylic acids is 1. The number of nitrogens with one attached hydrogen (secondary N) is 2. The van der Waals surface area contributed by atoms with Crippen LogP contribution >= 0.6 is 0 Å².